The van der Waals surface area contributed by atoms with Gasteiger partial charge in [0.25, 0.3) is 0 Å². The molecule has 156 valence electrons. The van der Waals surface area contributed by atoms with Crippen molar-refractivity contribution < 1.29 is 0 Å². The Hall–Kier alpha value is -3.49. The van der Waals surface area contributed by atoms with Gasteiger partial charge in [-0.05, 0) is 46.3 Å². The topological polar surface area (TPSA) is 4.93 Å². The van der Waals surface area contributed by atoms with Crippen LogP contribution in [0.5, 0.6) is 0 Å². The fourth-order valence-electron chi connectivity index (χ4n) is 3.92. The molecule has 1 nitrogen and oxygen atoms in total. The molecular weight excluding hydrogens is 406 g/mol. The van der Waals surface area contributed by atoms with Gasteiger partial charge in [0.05, 0.1) is 5.52 Å². The van der Waals surface area contributed by atoms with Gasteiger partial charge in [0.1, 0.15) is 0 Å². The largest absolute Gasteiger partial charge is 0.317 e. The van der Waals surface area contributed by atoms with Crippen LogP contribution in [0.15, 0.2) is 128 Å². The summed E-state index contributed by atoms with van der Waals surface area (Å²) in [4.78, 5) is 0. The van der Waals surface area contributed by atoms with Crippen molar-refractivity contribution in [2.75, 3.05) is 0 Å². The molecule has 0 aliphatic rings. The Morgan fingerprint density at radius 3 is 2.16 bits per heavy atom. The molecule has 32 heavy (non-hydrogen) atoms. The van der Waals surface area contributed by atoms with Gasteiger partial charge in [-0.15, -0.1) is 11.8 Å². The van der Waals surface area contributed by atoms with E-state index in [0.717, 1.165) is 5.75 Å². The maximum absolute atomic E-state index is 2.32. The van der Waals surface area contributed by atoms with E-state index in [1.54, 1.807) is 0 Å². The summed E-state index contributed by atoms with van der Waals surface area (Å²) in [5.41, 5.74) is 6.34. The van der Waals surface area contributed by atoms with Crippen LogP contribution in [0.1, 0.15) is 21.9 Å². The molecule has 1 unspecified atom stereocenters. The van der Waals surface area contributed by atoms with E-state index in [1.807, 2.05) is 11.8 Å². The first-order valence-electron chi connectivity index (χ1n) is 10.9. The second-order valence-corrected chi connectivity index (χ2v) is 8.95. The van der Waals surface area contributed by atoms with Crippen molar-refractivity contribution in [3.63, 3.8) is 0 Å². The highest BCUT2D eigenvalue weighted by Crippen LogP contribution is 2.33. The highest BCUT2D eigenvalue weighted by atomic mass is 32.2. The quantitative estimate of drug-likeness (QED) is 0.251. The normalized spacial score (nSPS) is 12.4. The summed E-state index contributed by atoms with van der Waals surface area (Å²) in [7, 11) is 0. The molecule has 0 fully saturated rings. The van der Waals surface area contributed by atoms with Crippen molar-refractivity contribution in [1.29, 1.82) is 0 Å². The van der Waals surface area contributed by atoms with Crippen molar-refractivity contribution in [3.05, 3.63) is 144 Å². The highest BCUT2D eigenvalue weighted by Gasteiger charge is 2.09. The Bertz CT molecular complexity index is 1300. The Morgan fingerprint density at radius 2 is 1.38 bits per heavy atom. The minimum absolute atomic E-state index is 0.310. The summed E-state index contributed by atoms with van der Waals surface area (Å²) >= 11 is 1.96. The van der Waals surface area contributed by atoms with E-state index in [1.165, 1.54) is 33.3 Å². The number of thioether (sulfide) groups is 1. The van der Waals surface area contributed by atoms with Crippen LogP contribution < -0.4 is 0 Å². The van der Waals surface area contributed by atoms with Gasteiger partial charge in [-0.25, -0.2) is 0 Å². The summed E-state index contributed by atoms with van der Waals surface area (Å²) in [6.45, 7) is 0. The molecule has 0 amide bonds. The molecule has 0 N–H and O–H groups in total. The number of benzene rings is 4. The first-order chi connectivity index (χ1) is 15.9. The summed E-state index contributed by atoms with van der Waals surface area (Å²) in [5.74, 6) is 0.964. The molecule has 2 heteroatoms. The third-order valence-corrected chi connectivity index (χ3v) is 6.92. The summed E-state index contributed by atoms with van der Waals surface area (Å²) in [6, 6.07) is 40.9. The van der Waals surface area contributed by atoms with Crippen molar-refractivity contribution in [2.24, 2.45) is 0 Å². The molecule has 0 radical (unpaired) electrons. The maximum atomic E-state index is 2.32. The lowest BCUT2D eigenvalue weighted by Crippen LogP contribution is -1.94. The van der Waals surface area contributed by atoms with Gasteiger partial charge in [0.2, 0.25) is 0 Å². The molecule has 5 aromatic rings. The molecule has 0 aliphatic heterocycles. The van der Waals surface area contributed by atoms with Crippen molar-refractivity contribution in [1.82, 2.24) is 4.57 Å². The van der Waals surface area contributed by atoms with Gasteiger partial charge < -0.3 is 4.57 Å². The van der Waals surface area contributed by atoms with Crippen LogP contribution in [-0.4, -0.2) is 4.57 Å². The van der Waals surface area contributed by atoms with Gasteiger partial charge in [0, 0.05) is 22.9 Å². The van der Waals surface area contributed by atoms with Crippen molar-refractivity contribution in [2.45, 2.75) is 11.0 Å². The number of nitrogens with zero attached hydrogens (tertiary/aromatic N) is 1. The van der Waals surface area contributed by atoms with E-state index in [4.69, 9.17) is 0 Å². The molecule has 4 aromatic carbocycles. The van der Waals surface area contributed by atoms with E-state index < -0.39 is 0 Å². The van der Waals surface area contributed by atoms with Crippen LogP contribution >= 0.6 is 11.8 Å². The van der Waals surface area contributed by atoms with Gasteiger partial charge in [-0.1, -0.05) is 103 Å². The zero-order valence-corrected chi connectivity index (χ0v) is 18.7. The molecule has 5 rings (SSSR count). The van der Waals surface area contributed by atoms with Crippen molar-refractivity contribution in [3.8, 4) is 5.69 Å². The number of aromatic nitrogens is 1. The molecular formula is C30H25NS. The Labute approximate surface area is 194 Å². The van der Waals surface area contributed by atoms with Crippen LogP contribution in [0.4, 0.5) is 0 Å². The van der Waals surface area contributed by atoms with E-state index in [0.29, 0.717) is 5.25 Å². The van der Waals surface area contributed by atoms with E-state index in [2.05, 4.69) is 138 Å². The minimum atomic E-state index is 0.310. The van der Waals surface area contributed by atoms with E-state index >= 15 is 0 Å². The maximum Gasteiger partial charge on any atom is 0.0528 e. The fraction of sp³-hybridized carbons (Fsp3) is 0.0667. The van der Waals surface area contributed by atoms with Gasteiger partial charge >= 0.3 is 0 Å². The Kier molecular flexibility index (Phi) is 6.23. The lowest BCUT2D eigenvalue weighted by atomic mass is 10.1. The first-order valence-corrected chi connectivity index (χ1v) is 12.0. The summed E-state index contributed by atoms with van der Waals surface area (Å²) in [5, 5.41) is 1.58. The van der Waals surface area contributed by atoms with E-state index in [-0.39, 0.29) is 0 Å². The molecule has 1 heterocycles. The lowest BCUT2D eigenvalue weighted by Gasteiger charge is -2.14. The Morgan fingerprint density at radius 1 is 0.688 bits per heavy atom. The molecule has 0 bridgehead atoms. The number of para-hydroxylation sites is 1. The molecule has 0 aliphatic carbocycles. The second-order valence-electron chi connectivity index (χ2n) is 7.82. The number of rotatable bonds is 7. The molecule has 0 spiro atoms. The van der Waals surface area contributed by atoms with Gasteiger partial charge in [-0.3, -0.25) is 0 Å². The molecule has 0 saturated heterocycles. The standard InChI is InChI=1S/C30H25NS/c1-3-9-24(10-4-1)17-20-30(27-12-5-2-6-13-27)32-23-25-15-18-28(19-16-25)31-22-21-26-11-7-8-14-29(26)31/h1-22,30H,23H2. The average Bonchev–Trinajstić information content (AvgIpc) is 3.30. The number of hydrogen-bond donors (Lipinski definition) is 0. The van der Waals surface area contributed by atoms with Crippen LogP contribution in [0.2, 0.25) is 0 Å². The van der Waals surface area contributed by atoms with Crippen molar-refractivity contribution >= 4 is 28.7 Å². The first kappa shape index (κ1) is 20.4. The van der Waals surface area contributed by atoms with Crippen LogP contribution in [0.3, 0.4) is 0 Å². The fourth-order valence-corrected chi connectivity index (χ4v) is 5.02. The van der Waals surface area contributed by atoms with Crippen LogP contribution in [0.25, 0.3) is 22.7 Å². The third-order valence-electron chi connectivity index (χ3n) is 5.63. The average molecular weight is 432 g/mol. The van der Waals surface area contributed by atoms with Crippen LogP contribution in [-0.2, 0) is 5.75 Å². The lowest BCUT2D eigenvalue weighted by molar-refractivity contribution is 1.12. The molecule has 1 aromatic heterocycles. The highest BCUT2D eigenvalue weighted by molar-refractivity contribution is 7.98. The summed E-state index contributed by atoms with van der Waals surface area (Å²) < 4.78 is 2.25. The predicted molar refractivity (Wildman–Crippen MR) is 139 cm³/mol. The zero-order chi connectivity index (χ0) is 21.6. The number of hydrogen-bond acceptors (Lipinski definition) is 1. The van der Waals surface area contributed by atoms with E-state index in [9.17, 15) is 0 Å². The third kappa shape index (κ3) is 4.71. The SMILES string of the molecule is C(=CC(SCc1ccc(-n2ccc3ccccc32)cc1)c1ccccc1)c1ccccc1. The van der Waals surface area contributed by atoms with Crippen LogP contribution in [0, 0.1) is 0 Å². The number of fused-ring (bicyclic) bond motifs is 1. The van der Waals surface area contributed by atoms with Gasteiger partial charge in [-0.2, -0.15) is 0 Å². The smallest absolute Gasteiger partial charge is 0.0528 e. The Balaban J connectivity index is 1.32. The van der Waals surface area contributed by atoms with Gasteiger partial charge in [0.15, 0.2) is 0 Å². The monoisotopic (exact) mass is 431 g/mol. The molecule has 1 atom stereocenters. The predicted octanol–water partition coefficient (Wildman–Crippen LogP) is 8.32. The zero-order valence-electron chi connectivity index (χ0n) is 17.8. The summed E-state index contributed by atoms with van der Waals surface area (Å²) in [6.07, 6.45) is 6.69. The molecule has 0 saturated carbocycles. The minimum Gasteiger partial charge on any atom is -0.317 e. The second kappa shape index (κ2) is 9.76.